The summed E-state index contributed by atoms with van der Waals surface area (Å²) in [6.45, 7) is 6.73. The average Bonchev–Trinajstić information content (AvgIpc) is 2.60. The fourth-order valence-electron chi connectivity index (χ4n) is 3.58. The second-order valence-corrected chi connectivity index (χ2v) is 8.56. The molecule has 1 aliphatic rings. The fourth-order valence-corrected chi connectivity index (χ4v) is 3.58. The van der Waals surface area contributed by atoms with Crippen molar-refractivity contribution in [2.75, 3.05) is 26.0 Å². The molecule has 1 saturated carbocycles. The van der Waals surface area contributed by atoms with Crippen molar-refractivity contribution in [1.82, 2.24) is 10.2 Å². The molecular weight excluding hydrogens is 342 g/mol. The number of carbonyl (C=O) groups is 2. The van der Waals surface area contributed by atoms with Crippen molar-refractivity contribution in [2.24, 2.45) is 11.3 Å². The van der Waals surface area contributed by atoms with E-state index in [2.05, 4.69) is 31.4 Å². The van der Waals surface area contributed by atoms with E-state index in [9.17, 15) is 9.59 Å². The average molecular weight is 376 g/mol. The zero-order valence-electron chi connectivity index (χ0n) is 17.2. The predicted octanol–water partition coefficient (Wildman–Crippen LogP) is 3.88. The lowest BCUT2D eigenvalue weighted by Gasteiger charge is -2.40. The summed E-state index contributed by atoms with van der Waals surface area (Å²) in [6.07, 6.45) is 4.59. The Kier molecular flexibility index (Phi) is 7.11. The molecule has 6 nitrogen and oxygen atoms in total. The lowest BCUT2D eigenvalue weighted by molar-refractivity contribution is -0.130. The van der Waals surface area contributed by atoms with Gasteiger partial charge in [0, 0.05) is 25.8 Å². The van der Waals surface area contributed by atoms with Crippen molar-refractivity contribution in [2.45, 2.75) is 52.5 Å². The van der Waals surface area contributed by atoms with Gasteiger partial charge < -0.3 is 20.3 Å². The van der Waals surface area contributed by atoms with E-state index in [0.717, 1.165) is 19.3 Å². The molecule has 0 saturated heterocycles. The molecule has 6 heteroatoms. The molecule has 0 spiro atoms. The summed E-state index contributed by atoms with van der Waals surface area (Å²) < 4.78 is 5.44. The van der Waals surface area contributed by atoms with Gasteiger partial charge in [-0.1, -0.05) is 33.6 Å². The first-order valence-electron chi connectivity index (χ1n) is 9.67. The topological polar surface area (TPSA) is 70.7 Å². The highest BCUT2D eigenvalue weighted by atomic mass is 16.5. The molecule has 2 N–H and O–H groups in total. The number of hydrogen-bond donors (Lipinski definition) is 2. The molecule has 0 aromatic heterocycles. The van der Waals surface area contributed by atoms with Crippen LogP contribution in [0.15, 0.2) is 24.3 Å². The Morgan fingerprint density at radius 2 is 1.74 bits per heavy atom. The fraction of sp³-hybridized carbons (Fsp3) is 0.619. The van der Waals surface area contributed by atoms with Crippen LogP contribution in [0.2, 0.25) is 0 Å². The standard InChI is InChI=1S/C21H33N3O3/c1-21(2,3)17-8-6-7-9-18(17)23-20(26)22-15-10-12-16(13-11-15)27-14-19(25)24(4)5/h10-13,17-18H,6-9,14H2,1-5H3,(H2,22,23,26)/t17-,18+/m1/s1. The highest BCUT2D eigenvalue weighted by Crippen LogP contribution is 2.38. The van der Waals surface area contributed by atoms with Crippen LogP contribution >= 0.6 is 0 Å². The van der Waals surface area contributed by atoms with Crippen molar-refractivity contribution in [3.8, 4) is 5.75 Å². The van der Waals surface area contributed by atoms with Crippen LogP contribution in [0, 0.1) is 11.3 Å². The Morgan fingerprint density at radius 3 is 2.33 bits per heavy atom. The largest absolute Gasteiger partial charge is 0.484 e. The van der Waals surface area contributed by atoms with Crippen LogP contribution in [0.4, 0.5) is 10.5 Å². The number of ether oxygens (including phenoxy) is 1. The van der Waals surface area contributed by atoms with E-state index in [1.165, 1.54) is 11.3 Å². The first-order valence-corrected chi connectivity index (χ1v) is 9.67. The normalized spacial score (nSPS) is 19.9. The molecule has 0 bridgehead atoms. The molecule has 2 rings (SSSR count). The first kappa shape index (κ1) is 21.1. The SMILES string of the molecule is CN(C)C(=O)COc1ccc(NC(=O)N[C@H]2CCCC[C@H]2C(C)(C)C)cc1. The maximum Gasteiger partial charge on any atom is 0.319 e. The summed E-state index contributed by atoms with van der Waals surface area (Å²) in [5.41, 5.74) is 0.878. The van der Waals surface area contributed by atoms with Crippen LogP contribution in [-0.2, 0) is 4.79 Å². The van der Waals surface area contributed by atoms with Crippen molar-refractivity contribution in [3.63, 3.8) is 0 Å². The molecule has 27 heavy (non-hydrogen) atoms. The van der Waals surface area contributed by atoms with Crippen LogP contribution in [0.3, 0.4) is 0 Å². The van der Waals surface area contributed by atoms with E-state index in [4.69, 9.17) is 4.74 Å². The van der Waals surface area contributed by atoms with Gasteiger partial charge in [-0.25, -0.2) is 4.79 Å². The number of urea groups is 1. The number of anilines is 1. The molecule has 0 unspecified atom stereocenters. The number of amides is 3. The van der Waals surface area contributed by atoms with E-state index in [0.29, 0.717) is 17.4 Å². The van der Waals surface area contributed by atoms with Gasteiger partial charge in [0.15, 0.2) is 6.61 Å². The van der Waals surface area contributed by atoms with E-state index >= 15 is 0 Å². The molecule has 0 heterocycles. The third kappa shape index (κ3) is 6.45. The molecule has 2 atom stereocenters. The Hall–Kier alpha value is -2.24. The van der Waals surface area contributed by atoms with E-state index < -0.39 is 0 Å². The summed E-state index contributed by atoms with van der Waals surface area (Å²) in [7, 11) is 3.38. The monoisotopic (exact) mass is 375 g/mol. The van der Waals surface area contributed by atoms with Crippen LogP contribution in [0.1, 0.15) is 46.5 Å². The lowest BCUT2D eigenvalue weighted by atomic mass is 9.69. The lowest BCUT2D eigenvalue weighted by Crippen LogP contribution is -2.48. The van der Waals surface area contributed by atoms with Crippen LogP contribution < -0.4 is 15.4 Å². The second kappa shape index (κ2) is 9.11. The smallest absolute Gasteiger partial charge is 0.319 e. The Morgan fingerprint density at radius 1 is 1.11 bits per heavy atom. The van der Waals surface area contributed by atoms with Gasteiger partial charge in [0.05, 0.1) is 0 Å². The van der Waals surface area contributed by atoms with Gasteiger partial charge in [-0.2, -0.15) is 0 Å². The number of benzene rings is 1. The highest BCUT2D eigenvalue weighted by molar-refractivity contribution is 5.89. The molecule has 1 aromatic rings. The van der Waals surface area contributed by atoms with E-state index in [1.807, 2.05) is 0 Å². The number of nitrogens with one attached hydrogen (secondary N) is 2. The minimum atomic E-state index is -0.174. The van der Waals surface area contributed by atoms with Gasteiger partial charge in [0.1, 0.15) is 5.75 Å². The molecule has 1 aromatic carbocycles. The third-order valence-corrected chi connectivity index (χ3v) is 5.17. The van der Waals surface area contributed by atoms with Crippen LogP contribution in [0.25, 0.3) is 0 Å². The zero-order valence-corrected chi connectivity index (χ0v) is 17.2. The van der Waals surface area contributed by atoms with Gasteiger partial charge in [-0.15, -0.1) is 0 Å². The minimum Gasteiger partial charge on any atom is -0.484 e. The predicted molar refractivity (Wildman–Crippen MR) is 108 cm³/mol. The number of nitrogens with zero attached hydrogens (tertiary/aromatic N) is 1. The van der Waals surface area contributed by atoms with Gasteiger partial charge in [-0.05, 0) is 48.4 Å². The number of hydrogen-bond acceptors (Lipinski definition) is 3. The van der Waals surface area contributed by atoms with E-state index in [1.54, 1.807) is 38.4 Å². The molecule has 150 valence electrons. The van der Waals surface area contributed by atoms with Crippen molar-refractivity contribution < 1.29 is 14.3 Å². The zero-order chi connectivity index (χ0) is 20.0. The summed E-state index contributed by atoms with van der Waals surface area (Å²) >= 11 is 0. The number of rotatable bonds is 5. The van der Waals surface area contributed by atoms with Crippen molar-refractivity contribution in [1.29, 1.82) is 0 Å². The summed E-state index contributed by atoms with van der Waals surface area (Å²) in [5.74, 6) is 0.982. The molecular formula is C21H33N3O3. The van der Waals surface area contributed by atoms with Gasteiger partial charge in [-0.3, -0.25) is 4.79 Å². The molecule has 0 radical (unpaired) electrons. The molecule has 0 aliphatic heterocycles. The first-order chi connectivity index (χ1) is 12.7. The maximum absolute atomic E-state index is 12.4. The van der Waals surface area contributed by atoms with Crippen LogP contribution in [0.5, 0.6) is 5.75 Å². The third-order valence-electron chi connectivity index (χ3n) is 5.17. The van der Waals surface area contributed by atoms with Gasteiger partial charge in [0.2, 0.25) is 0 Å². The number of likely N-dealkylation sites (N-methyl/N-ethyl adjacent to an activating group) is 1. The Balaban J connectivity index is 1.87. The summed E-state index contributed by atoms with van der Waals surface area (Å²) in [5, 5.41) is 6.05. The molecule has 1 fully saturated rings. The number of carbonyl (C=O) groups excluding carboxylic acids is 2. The quantitative estimate of drug-likeness (QED) is 0.820. The minimum absolute atomic E-state index is 0.00384. The molecule has 1 aliphatic carbocycles. The summed E-state index contributed by atoms with van der Waals surface area (Å²) in [6, 6.07) is 7.08. The Labute approximate surface area is 162 Å². The summed E-state index contributed by atoms with van der Waals surface area (Å²) in [4.78, 5) is 25.5. The van der Waals surface area contributed by atoms with E-state index in [-0.39, 0.29) is 30.0 Å². The van der Waals surface area contributed by atoms with Crippen molar-refractivity contribution in [3.05, 3.63) is 24.3 Å². The van der Waals surface area contributed by atoms with Gasteiger partial charge in [0.25, 0.3) is 5.91 Å². The van der Waals surface area contributed by atoms with Crippen molar-refractivity contribution >= 4 is 17.6 Å². The second-order valence-electron chi connectivity index (χ2n) is 8.56. The molecule has 3 amide bonds. The maximum atomic E-state index is 12.4. The van der Waals surface area contributed by atoms with Gasteiger partial charge >= 0.3 is 6.03 Å². The van der Waals surface area contributed by atoms with Crippen LogP contribution in [-0.4, -0.2) is 43.6 Å². The Bertz CT molecular complexity index is 635. The highest BCUT2D eigenvalue weighted by Gasteiger charge is 2.34.